The van der Waals surface area contributed by atoms with Crippen molar-refractivity contribution in [3.05, 3.63) is 30.0 Å². The number of hydrogen-bond donors (Lipinski definition) is 1. The molecular weight excluding hydrogens is 242 g/mol. The fourth-order valence-electron chi connectivity index (χ4n) is 2.05. The minimum Gasteiger partial charge on any atom is -0.497 e. The van der Waals surface area contributed by atoms with E-state index in [1.165, 1.54) is 4.90 Å². The molecule has 0 unspecified atom stereocenters. The highest BCUT2D eigenvalue weighted by Crippen LogP contribution is 2.25. The van der Waals surface area contributed by atoms with Crippen molar-refractivity contribution in [3.8, 4) is 5.75 Å². The van der Waals surface area contributed by atoms with E-state index in [4.69, 9.17) is 4.74 Å². The van der Waals surface area contributed by atoms with Crippen molar-refractivity contribution in [2.75, 3.05) is 21.2 Å². The molecule has 0 aliphatic rings. The van der Waals surface area contributed by atoms with Crippen LogP contribution in [0.2, 0.25) is 0 Å². The number of nitrogens with one attached hydrogen (secondary N) is 1. The van der Waals surface area contributed by atoms with Gasteiger partial charge in [0.1, 0.15) is 5.75 Å². The number of ether oxygens (including phenoxy) is 1. The van der Waals surface area contributed by atoms with E-state index >= 15 is 0 Å². The Bertz CT molecular complexity index is 602. The van der Waals surface area contributed by atoms with Crippen molar-refractivity contribution in [2.24, 2.45) is 7.05 Å². The van der Waals surface area contributed by atoms with Gasteiger partial charge in [-0.1, -0.05) is 0 Å². The number of aryl methyl sites for hydroxylation is 1. The van der Waals surface area contributed by atoms with Crippen LogP contribution in [0.4, 0.5) is 4.79 Å². The molecule has 1 aromatic heterocycles. The lowest BCUT2D eigenvalue weighted by atomic mass is 10.1. The van der Waals surface area contributed by atoms with Gasteiger partial charge >= 0.3 is 6.03 Å². The fraction of sp³-hybridized carbons (Fsp3) is 0.357. The number of carbonyl (C=O) groups excluding carboxylic acids is 1. The zero-order valence-electron chi connectivity index (χ0n) is 11.7. The Morgan fingerprint density at radius 3 is 2.79 bits per heavy atom. The molecule has 0 aliphatic carbocycles. The number of methoxy groups -OCH3 is 1. The molecule has 0 aliphatic heterocycles. The summed E-state index contributed by atoms with van der Waals surface area (Å²) in [5.41, 5.74) is 2.20. The van der Waals surface area contributed by atoms with Crippen LogP contribution in [0.1, 0.15) is 5.56 Å². The second kappa shape index (κ2) is 5.22. The molecule has 1 aromatic carbocycles. The zero-order valence-corrected chi connectivity index (χ0v) is 11.7. The molecule has 5 heteroatoms. The first-order valence-corrected chi connectivity index (χ1v) is 6.10. The van der Waals surface area contributed by atoms with Gasteiger partial charge in [0, 0.05) is 44.8 Å². The number of hydrogen-bond acceptors (Lipinski definition) is 2. The largest absolute Gasteiger partial charge is 0.497 e. The monoisotopic (exact) mass is 261 g/mol. The summed E-state index contributed by atoms with van der Waals surface area (Å²) >= 11 is 0. The third-order valence-electron chi connectivity index (χ3n) is 3.12. The van der Waals surface area contributed by atoms with Gasteiger partial charge in [0.25, 0.3) is 0 Å². The Labute approximate surface area is 112 Å². The number of amides is 2. The van der Waals surface area contributed by atoms with E-state index in [2.05, 4.69) is 5.32 Å². The Morgan fingerprint density at radius 1 is 1.42 bits per heavy atom. The van der Waals surface area contributed by atoms with Gasteiger partial charge in [-0.3, -0.25) is 0 Å². The highest BCUT2D eigenvalue weighted by atomic mass is 16.5. The minimum absolute atomic E-state index is 0.0973. The van der Waals surface area contributed by atoms with E-state index in [0.29, 0.717) is 6.54 Å². The van der Waals surface area contributed by atoms with Crippen LogP contribution in [0.15, 0.2) is 24.4 Å². The van der Waals surface area contributed by atoms with Crippen LogP contribution >= 0.6 is 0 Å². The summed E-state index contributed by atoms with van der Waals surface area (Å²) in [5.74, 6) is 0.818. The molecule has 0 bridgehead atoms. The maximum atomic E-state index is 11.6. The summed E-state index contributed by atoms with van der Waals surface area (Å²) in [5, 5.41) is 3.97. The first-order chi connectivity index (χ1) is 9.02. The molecule has 0 saturated carbocycles. The van der Waals surface area contributed by atoms with E-state index in [9.17, 15) is 4.79 Å². The van der Waals surface area contributed by atoms with E-state index in [0.717, 1.165) is 22.2 Å². The van der Waals surface area contributed by atoms with Gasteiger partial charge in [-0.05, 0) is 23.8 Å². The van der Waals surface area contributed by atoms with Crippen LogP contribution in [0, 0.1) is 0 Å². The molecule has 5 nitrogen and oxygen atoms in total. The lowest BCUT2D eigenvalue weighted by Gasteiger charge is -2.11. The quantitative estimate of drug-likeness (QED) is 0.918. The lowest BCUT2D eigenvalue weighted by molar-refractivity contribution is 0.217. The third-order valence-corrected chi connectivity index (χ3v) is 3.12. The number of benzene rings is 1. The Hall–Kier alpha value is -2.17. The van der Waals surface area contributed by atoms with Crippen LogP contribution in [0.25, 0.3) is 10.9 Å². The minimum atomic E-state index is -0.0973. The van der Waals surface area contributed by atoms with Gasteiger partial charge in [-0.25, -0.2) is 4.79 Å². The van der Waals surface area contributed by atoms with Gasteiger partial charge in [0.05, 0.1) is 7.11 Å². The molecule has 0 saturated heterocycles. The lowest BCUT2D eigenvalue weighted by Crippen LogP contribution is -2.33. The molecule has 102 valence electrons. The molecule has 2 rings (SSSR count). The molecule has 2 aromatic rings. The maximum Gasteiger partial charge on any atom is 0.317 e. The van der Waals surface area contributed by atoms with Crippen LogP contribution in [0.3, 0.4) is 0 Å². The third kappa shape index (κ3) is 2.65. The number of fused-ring (bicyclic) bond motifs is 1. The summed E-state index contributed by atoms with van der Waals surface area (Å²) in [6, 6.07) is 5.85. The first-order valence-electron chi connectivity index (χ1n) is 6.10. The van der Waals surface area contributed by atoms with Crippen molar-refractivity contribution in [2.45, 2.75) is 6.54 Å². The van der Waals surface area contributed by atoms with Gasteiger partial charge in [0.15, 0.2) is 0 Å². The standard InChI is InChI=1S/C14H19N3O2/c1-16(2)14(18)15-8-10-9-17(3)13-6-5-11(19-4)7-12(10)13/h5-7,9H,8H2,1-4H3,(H,15,18). The van der Waals surface area contributed by atoms with Crippen LogP contribution in [-0.2, 0) is 13.6 Å². The highest BCUT2D eigenvalue weighted by molar-refractivity contribution is 5.86. The number of nitrogens with zero attached hydrogens (tertiary/aromatic N) is 2. The Kier molecular flexibility index (Phi) is 3.64. The van der Waals surface area contributed by atoms with Gasteiger partial charge in [0.2, 0.25) is 0 Å². The van der Waals surface area contributed by atoms with Crippen molar-refractivity contribution < 1.29 is 9.53 Å². The smallest absolute Gasteiger partial charge is 0.317 e. The second-order valence-electron chi connectivity index (χ2n) is 4.70. The van der Waals surface area contributed by atoms with Crippen molar-refractivity contribution >= 4 is 16.9 Å². The van der Waals surface area contributed by atoms with Crippen LogP contribution in [0.5, 0.6) is 5.75 Å². The second-order valence-corrected chi connectivity index (χ2v) is 4.70. The van der Waals surface area contributed by atoms with Crippen molar-refractivity contribution in [1.29, 1.82) is 0 Å². The highest BCUT2D eigenvalue weighted by Gasteiger charge is 2.09. The predicted molar refractivity (Wildman–Crippen MR) is 75.4 cm³/mol. The average molecular weight is 261 g/mol. The van der Waals surface area contributed by atoms with Gasteiger partial charge < -0.3 is 19.5 Å². The number of aromatic nitrogens is 1. The molecule has 19 heavy (non-hydrogen) atoms. The number of rotatable bonds is 3. The van der Waals surface area contributed by atoms with E-state index in [1.807, 2.05) is 36.0 Å². The Balaban J connectivity index is 2.29. The van der Waals surface area contributed by atoms with E-state index in [1.54, 1.807) is 21.2 Å². The fourth-order valence-corrected chi connectivity index (χ4v) is 2.05. The normalized spacial score (nSPS) is 10.5. The summed E-state index contributed by atoms with van der Waals surface area (Å²) in [6.07, 6.45) is 2.03. The molecule has 2 amide bonds. The zero-order chi connectivity index (χ0) is 14.0. The predicted octanol–water partition coefficient (Wildman–Crippen LogP) is 1.96. The topological polar surface area (TPSA) is 46.5 Å². The first kappa shape index (κ1) is 13.3. The van der Waals surface area contributed by atoms with Gasteiger partial charge in [-0.2, -0.15) is 0 Å². The molecule has 1 heterocycles. The maximum absolute atomic E-state index is 11.6. The van der Waals surface area contributed by atoms with E-state index < -0.39 is 0 Å². The number of carbonyl (C=O) groups is 1. The summed E-state index contributed by atoms with van der Waals surface area (Å²) in [6.45, 7) is 0.502. The van der Waals surface area contributed by atoms with Crippen LogP contribution in [-0.4, -0.2) is 36.7 Å². The average Bonchev–Trinajstić information content (AvgIpc) is 2.72. The number of urea groups is 1. The van der Waals surface area contributed by atoms with Gasteiger partial charge in [-0.15, -0.1) is 0 Å². The Morgan fingerprint density at radius 2 is 2.16 bits per heavy atom. The SMILES string of the molecule is COc1ccc2c(c1)c(CNC(=O)N(C)C)cn2C. The van der Waals surface area contributed by atoms with Crippen molar-refractivity contribution in [1.82, 2.24) is 14.8 Å². The summed E-state index contributed by atoms with van der Waals surface area (Å²) in [7, 11) is 7.09. The summed E-state index contributed by atoms with van der Waals surface area (Å²) in [4.78, 5) is 13.1. The molecule has 0 atom stereocenters. The molecule has 0 fully saturated rings. The molecule has 1 N–H and O–H groups in total. The van der Waals surface area contributed by atoms with Crippen LogP contribution < -0.4 is 10.1 Å². The molecule has 0 radical (unpaired) electrons. The van der Waals surface area contributed by atoms with Crippen molar-refractivity contribution in [3.63, 3.8) is 0 Å². The molecule has 0 spiro atoms. The van der Waals surface area contributed by atoms with E-state index in [-0.39, 0.29) is 6.03 Å². The molecular formula is C14H19N3O2. The summed E-state index contributed by atoms with van der Waals surface area (Å²) < 4.78 is 7.29.